The van der Waals surface area contributed by atoms with Gasteiger partial charge in [-0.1, -0.05) is 12.2 Å². The highest BCUT2D eigenvalue weighted by molar-refractivity contribution is 6.04. The summed E-state index contributed by atoms with van der Waals surface area (Å²) in [4.78, 5) is 8.10. The average Bonchev–Trinajstić information content (AvgIpc) is 3.03. The Kier molecular flexibility index (Phi) is 3.80. The number of rotatable bonds is 3. The number of ether oxygens (including phenoxy) is 1. The van der Waals surface area contributed by atoms with E-state index < -0.39 is 11.5 Å². The van der Waals surface area contributed by atoms with Crippen LogP contribution in [0.1, 0.15) is 25.5 Å². The van der Waals surface area contributed by atoms with Gasteiger partial charge in [0.2, 0.25) is 5.95 Å². The maximum atomic E-state index is 10.7. The molecule has 0 bridgehead atoms. The van der Waals surface area contributed by atoms with E-state index in [9.17, 15) is 5.11 Å². The Morgan fingerprint density at radius 3 is 3.00 bits per heavy atom. The van der Waals surface area contributed by atoms with Gasteiger partial charge in [-0.05, 0) is 37.5 Å². The number of hydrogen-bond acceptors (Lipinski definition) is 6. The van der Waals surface area contributed by atoms with Crippen LogP contribution < -0.4 is 5.73 Å². The molecule has 3 rings (SSSR count). The van der Waals surface area contributed by atoms with E-state index in [1.54, 1.807) is 18.3 Å². The van der Waals surface area contributed by atoms with Crippen LogP contribution in [0.5, 0.6) is 0 Å². The molecule has 22 heavy (non-hydrogen) atoms. The van der Waals surface area contributed by atoms with E-state index in [1.807, 2.05) is 19.1 Å². The molecule has 4 N–H and O–H groups in total. The van der Waals surface area contributed by atoms with Gasteiger partial charge >= 0.3 is 0 Å². The first-order chi connectivity index (χ1) is 10.5. The smallest absolute Gasteiger partial charge is 0.220 e. The molecule has 0 aromatic carbocycles. The van der Waals surface area contributed by atoms with Crippen LogP contribution in [0.25, 0.3) is 5.57 Å². The summed E-state index contributed by atoms with van der Waals surface area (Å²) in [6.07, 6.45) is 7.76. The van der Waals surface area contributed by atoms with Crippen LogP contribution in [0.3, 0.4) is 0 Å². The van der Waals surface area contributed by atoms with Crippen LogP contribution in [0.2, 0.25) is 0 Å². The number of nitrogens with two attached hydrogens (primary N) is 1. The molecule has 1 fully saturated rings. The minimum absolute atomic E-state index is 0.203. The van der Waals surface area contributed by atoms with E-state index >= 15 is 0 Å². The maximum absolute atomic E-state index is 10.7. The summed E-state index contributed by atoms with van der Waals surface area (Å²) < 4.78 is 5.60. The number of nitrogens with one attached hydrogen (secondary N) is 1. The van der Waals surface area contributed by atoms with Crippen LogP contribution in [0, 0.1) is 10.8 Å². The van der Waals surface area contributed by atoms with Crippen molar-refractivity contribution >= 4 is 17.2 Å². The molecular weight excluding hydrogens is 280 g/mol. The van der Waals surface area contributed by atoms with Gasteiger partial charge in [0.05, 0.1) is 23.3 Å². The SMILES string of the molecule is CC1(C(O)C2CCCO2)C=C(c2ccnc(N)n2)C=CC1=N. The lowest BCUT2D eigenvalue weighted by Gasteiger charge is -2.36. The average molecular weight is 300 g/mol. The molecule has 2 heterocycles. The normalized spacial score (nSPS) is 29.5. The zero-order valence-corrected chi connectivity index (χ0v) is 12.5. The largest absolute Gasteiger partial charge is 0.389 e. The number of aliphatic hydroxyl groups excluding tert-OH is 1. The summed E-state index contributed by atoms with van der Waals surface area (Å²) in [6.45, 7) is 2.52. The van der Waals surface area contributed by atoms with Gasteiger partial charge in [-0.25, -0.2) is 9.97 Å². The molecule has 1 aliphatic heterocycles. The molecule has 116 valence electrons. The number of aliphatic hydroxyl groups is 1. The number of allylic oxidation sites excluding steroid dienone is 3. The minimum atomic E-state index is -0.807. The van der Waals surface area contributed by atoms with Gasteiger partial charge in [0.1, 0.15) is 0 Å². The van der Waals surface area contributed by atoms with E-state index in [2.05, 4.69) is 9.97 Å². The maximum Gasteiger partial charge on any atom is 0.220 e. The summed E-state index contributed by atoms with van der Waals surface area (Å²) >= 11 is 0. The van der Waals surface area contributed by atoms with E-state index in [0.29, 0.717) is 18.0 Å². The molecule has 1 saturated heterocycles. The van der Waals surface area contributed by atoms with Crippen LogP contribution in [-0.2, 0) is 4.74 Å². The molecule has 3 atom stereocenters. The van der Waals surface area contributed by atoms with Crippen LogP contribution >= 0.6 is 0 Å². The zero-order chi connectivity index (χ0) is 15.7. The number of aromatic nitrogens is 2. The summed E-state index contributed by atoms with van der Waals surface area (Å²) in [5, 5.41) is 18.9. The summed E-state index contributed by atoms with van der Waals surface area (Å²) in [5.41, 5.74) is 6.70. The Morgan fingerprint density at radius 1 is 1.50 bits per heavy atom. The van der Waals surface area contributed by atoms with Crippen molar-refractivity contribution in [3.8, 4) is 0 Å². The third kappa shape index (κ3) is 2.55. The zero-order valence-electron chi connectivity index (χ0n) is 12.5. The van der Waals surface area contributed by atoms with Crippen molar-refractivity contribution in [3.05, 3.63) is 36.2 Å². The van der Waals surface area contributed by atoms with Crippen molar-refractivity contribution in [3.63, 3.8) is 0 Å². The van der Waals surface area contributed by atoms with Gasteiger partial charge in [-0.2, -0.15) is 0 Å². The predicted molar refractivity (Wildman–Crippen MR) is 84.4 cm³/mol. The fourth-order valence-electron chi connectivity index (χ4n) is 2.98. The van der Waals surface area contributed by atoms with Gasteiger partial charge in [0.15, 0.2) is 0 Å². The molecule has 0 radical (unpaired) electrons. The number of hydrogen-bond donors (Lipinski definition) is 3. The third-order valence-electron chi connectivity index (χ3n) is 4.37. The third-order valence-corrected chi connectivity index (χ3v) is 4.37. The first kappa shape index (κ1) is 14.9. The van der Waals surface area contributed by atoms with Crippen molar-refractivity contribution < 1.29 is 9.84 Å². The van der Waals surface area contributed by atoms with Gasteiger partial charge in [0, 0.05) is 18.5 Å². The topological polar surface area (TPSA) is 105 Å². The fraction of sp³-hybridized carbons (Fsp3) is 0.438. The number of anilines is 1. The van der Waals surface area contributed by atoms with E-state index in [-0.39, 0.29) is 12.1 Å². The van der Waals surface area contributed by atoms with Crippen molar-refractivity contribution in [1.29, 1.82) is 5.41 Å². The second-order valence-electron chi connectivity index (χ2n) is 5.93. The van der Waals surface area contributed by atoms with Gasteiger partial charge < -0.3 is 21.0 Å². The summed E-state index contributed by atoms with van der Waals surface area (Å²) in [7, 11) is 0. The van der Waals surface area contributed by atoms with Crippen LogP contribution in [0.15, 0.2) is 30.5 Å². The van der Waals surface area contributed by atoms with Gasteiger partial charge in [-0.15, -0.1) is 0 Å². The second-order valence-corrected chi connectivity index (χ2v) is 5.93. The fourth-order valence-corrected chi connectivity index (χ4v) is 2.98. The highest BCUT2D eigenvalue weighted by atomic mass is 16.5. The molecule has 0 spiro atoms. The first-order valence-corrected chi connectivity index (χ1v) is 7.39. The van der Waals surface area contributed by atoms with Crippen molar-refractivity contribution in [2.45, 2.75) is 32.0 Å². The predicted octanol–water partition coefficient (Wildman–Crippen LogP) is 1.58. The van der Waals surface area contributed by atoms with E-state index in [4.69, 9.17) is 15.9 Å². The standard InChI is InChI=1S/C16H20N4O2/c1-16(14(21)12-3-2-8-22-12)9-10(4-5-13(16)17)11-6-7-19-15(18)20-11/h4-7,9,12,14,17,21H,2-3,8H2,1H3,(H2,18,19,20). The Hall–Kier alpha value is -2.05. The van der Waals surface area contributed by atoms with Crippen LogP contribution in [-0.4, -0.2) is 39.6 Å². The monoisotopic (exact) mass is 300 g/mol. The Labute approximate surface area is 129 Å². The molecule has 3 unspecified atom stereocenters. The lowest BCUT2D eigenvalue weighted by Crippen LogP contribution is -2.45. The van der Waals surface area contributed by atoms with Crippen molar-refractivity contribution in [2.24, 2.45) is 5.41 Å². The molecule has 1 aliphatic carbocycles. The van der Waals surface area contributed by atoms with Crippen LogP contribution in [0.4, 0.5) is 5.95 Å². The summed E-state index contributed by atoms with van der Waals surface area (Å²) in [5.74, 6) is 0.203. The molecule has 6 heteroatoms. The highest BCUT2D eigenvalue weighted by Crippen LogP contribution is 2.37. The lowest BCUT2D eigenvalue weighted by atomic mass is 9.72. The Balaban J connectivity index is 1.95. The number of nitrogens with zero attached hydrogens (tertiary/aromatic N) is 2. The molecule has 0 amide bonds. The molecule has 1 aromatic heterocycles. The quantitative estimate of drug-likeness (QED) is 0.786. The van der Waals surface area contributed by atoms with Gasteiger partial charge in [0.25, 0.3) is 0 Å². The Morgan fingerprint density at radius 2 is 2.32 bits per heavy atom. The van der Waals surface area contributed by atoms with E-state index in [0.717, 1.165) is 18.4 Å². The minimum Gasteiger partial charge on any atom is -0.389 e. The first-order valence-electron chi connectivity index (χ1n) is 7.39. The molecule has 6 nitrogen and oxygen atoms in total. The number of nitrogen functional groups attached to an aromatic ring is 1. The molecule has 2 aliphatic rings. The molecule has 0 saturated carbocycles. The second kappa shape index (κ2) is 5.62. The summed E-state index contributed by atoms with van der Waals surface area (Å²) in [6, 6.07) is 1.76. The van der Waals surface area contributed by atoms with Crippen molar-refractivity contribution in [1.82, 2.24) is 9.97 Å². The lowest BCUT2D eigenvalue weighted by molar-refractivity contribution is -0.0323. The molecule has 1 aromatic rings. The van der Waals surface area contributed by atoms with E-state index in [1.165, 1.54) is 0 Å². The Bertz CT molecular complexity index is 649. The van der Waals surface area contributed by atoms with Gasteiger partial charge in [-0.3, -0.25) is 0 Å². The van der Waals surface area contributed by atoms with Crippen molar-refractivity contribution in [2.75, 3.05) is 12.3 Å². The molecular formula is C16H20N4O2. The highest BCUT2D eigenvalue weighted by Gasteiger charge is 2.42.